The molecule has 3 heterocycles. The predicted octanol–water partition coefficient (Wildman–Crippen LogP) is 5.62. The first kappa shape index (κ1) is 23.3. The van der Waals surface area contributed by atoms with E-state index in [0.717, 1.165) is 27.3 Å². The SMILES string of the molecule is Cc1ccc(N2C(=O)c3cc(-c4cccs4)nn3C[C@@]2(C)C(=O)NCc2ccc(Cl)cc2)cc1C. The molecule has 178 valence electrons. The highest BCUT2D eigenvalue weighted by Gasteiger charge is 2.49. The van der Waals surface area contributed by atoms with Crippen LogP contribution in [0.3, 0.4) is 0 Å². The van der Waals surface area contributed by atoms with Crippen LogP contribution in [0.25, 0.3) is 10.6 Å². The van der Waals surface area contributed by atoms with Crippen molar-refractivity contribution in [1.29, 1.82) is 0 Å². The van der Waals surface area contributed by atoms with Crippen molar-refractivity contribution < 1.29 is 9.59 Å². The number of carbonyl (C=O) groups excluding carboxylic acids is 2. The highest BCUT2D eigenvalue weighted by Crippen LogP contribution is 2.35. The van der Waals surface area contributed by atoms with E-state index in [1.807, 2.05) is 67.8 Å². The number of fused-ring (bicyclic) bond motifs is 1. The highest BCUT2D eigenvalue weighted by atomic mass is 35.5. The highest BCUT2D eigenvalue weighted by molar-refractivity contribution is 7.13. The van der Waals surface area contributed by atoms with Crippen LogP contribution < -0.4 is 10.2 Å². The van der Waals surface area contributed by atoms with Crippen LogP contribution >= 0.6 is 22.9 Å². The van der Waals surface area contributed by atoms with E-state index in [1.165, 1.54) is 0 Å². The van der Waals surface area contributed by atoms with Crippen LogP contribution in [0, 0.1) is 13.8 Å². The van der Waals surface area contributed by atoms with E-state index in [2.05, 4.69) is 5.32 Å². The van der Waals surface area contributed by atoms with Gasteiger partial charge in [-0.2, -0.15) is 5.10 Å². The van der Waals surface area contributed by atoms with Gasteiger partial charge in [-0.05, 0) is 79.2 Å². The minimum atomic E-state index is -1.18. The van der Waals surface area contributed by atoms with Gasteiger partial charge >= 0.3 is 0 Å². The number of nitrogens with zero attached hydrogens (tertiary/aromatic N) is 3. The Morgan fingerprint density at radius 3 is 2.57 bits per heavy atom. The van der Waals surface area contributed by atoms with Crippen molar-refractivity contribution >= 4 is 40.4 Å². The van der Waals surface area contributed by atoms with Crippen LogP contribution in [0.1, 0.15) is 34.1 Å². The number of nitrogens with one attached hydrogen (secondary N) is 1. The average Bonchev–Trinajstić information content (AvgIpc) is 3.51. The second kappa shape index (κ2) is 8.98. The van der Waals surface area contributed by atoms with Crippen LogP contribution in [-0.4, -0.2) is 27.1 Å². The molecule has 0 bridgehead atoms. The molecule has 2 amide bonds. The summed E-state index contributed by atoms with van der Waals surface area (Å²) in [6, 6.07) is 18.9. The molecule has 0 unspecified atom stereocenters. The van der Waals surface area contributed by atoms with Crippen LogP contribution in [0.15, 0.2) is 66.0 Å². The molecule has 0 saturated heterocycles. The third kappa shape index (κ3) is 4.26. The Morgan fingerprint density at radius 1 is 1.11 bits per heavy atom. The summed E-state index contributed by atoms with van der Waals surface area (Å²) in [6.45, 7) is 6.39. The molecule has 0 fully saturated rings. The first-order valence-corrected chi connectivity index (χ1v) is 12.6. The summed E-state index contributed by atoms with van der Waals surface area (Å²) in [5, 5.41) is 10.3. The van der Waals surface area contributed by atoms with E-state index in [-0.39, 0.29) is 18.4 Å². The molecule has 35 heavy (non-hydrogen) atoms. The molecule has 1 N–H and O–H groups in total. The molecule has 1 atom stereocenters. The number of aromatic nitrogens is 2. The second-order valence-electron chi connectivity index (χ2n) is 9.04. The van der Waals surface area contributed by atoms with Crippen molar-refractivity contribution in [2.24, 2.45) is 0 Å². The van der Waals surface area contributed by atoms with Gasteiger partial charge in [-0.15, -0.1) is 11.3 Å². The summed E-state index contributed by atoms with van der Waals surface area (Å²) >= 11 is 7.56. The number of rotatable bonds is 5. The van der Waals surface area contributed by atoms with Gasteiger partial charge in [0.15, 0.2) is 0 Å². The van der Waals surface area contributed by atoms with Gasteiger partial charge in [-0.3, -0.25) is 19.2 Å². The molecule has 8 heteroatoms. The van der Waals surface area contributed by atoms with Gasteiger partial charge in [0.05, 0.1) is 11.4 Å². The lowest BCUT2D eigenvalue weighted by molar-refractivity contribution is -0.126. The topological polar surface area (TPSA) is 67.2 Å². The van der Waals surface area contributed by atoms with Crippen molar-refractivity contribution in [2.75, 3.05) is 4.90 Å². The quantitative estimate of drug-likeness (QED) is 0.383. The molecule has 6 nitrogen and oxygen atoms in total. The Labute approximate surface area is 213 Å². The molecule has 0 saturated carbocycles. The Kier molecular flexibility index (Phi) is 5.99. The Bertz CT molecular complexity index is 1410. The second-order valence-corrected chi connectivity index (χ2v) is 10.4. The summed E-state index contributed by atoms with van der Waals surface area (Å²) in [7, 11) is 0. The third-order valence-corrected chi connectivity index (χ3v) is 7.68. The van der Waals surface area contributed by atoms with E-state index >= 15 is 0 Å². The Morgan fingerprint density at radius 2 is 1.89 bits per heavy atom. The molecule has 4 aromatic rings. The zero-order valence-electron chi connectivity index (χ0n) is 19.7. The van der Waals surface area contributed by atoms with Crippen LogP contribution in [-0.2, 0) is 17.9 Å². The molecule has 0 aliphatic carbocycles. The fourth-order valence-corrected chi connectivity index (χ4v) is 5.18. The molecule has 2 aromatic carbocycles. The summed E-state index contributed by atoms with van der Waals surface area (Å²) in [6.07, 6.45) is 0. The fraction of sp³-hybridized carbons (Fsp3) is 0.222. The number of aryl methyl sites for hydroxylation is 2. The molecule has 0 radical (unpaired) electrons. The number of hydrogen-bond donors (Lipinski definition) is 1. The van der Waals surface area contributed by atoms with Crippen LogP contribution in [0.5, 0.6) is 0 Å². The maximum absolute atomic E-state index is 13.9. The minimum Gasteiger partial charge on any atom is -0.350 e. The third-order valence-electron chi connectivity index (χ3n) is 6.53. The zero-order valence-corrected chi connectivity index (χ0v) is 21.3. The fourth-order valence-electron chi connectivity index (χ4n) is 4.37. The lowest BCUT2D eigenvalue weighted by Gasteiger charge is -2.43. The standard InChI is InChI=1S/C27H25ClN4O2S/c1-17-6-11-21(13-18(17)2)32-25(33)23-14-22(24-5-4-12-35-24)30-31(23)16-27(32,3)26(34)29-15-19-7-9-20(28)10-8-19/h4-14H,15-16H2,1-3H3,(H,29,34)/t27-/m0/s1. The number of carbonyl (C=O) groups is 2. The Hall–Kier alpha value is -3.42. The summed E-state index contributed by atoms with van der Waals surface area (Å²) < 4.78 is 1.66. The number of halogens is 1. The zero-order chi connectivity index (χ0) is 24.7. The van der Waals surface area contributed by atoms with E-state index in [1.54, 1.807) is 40.0 Å². The minimum absolute atomic E-state index is 0.235. The van der Waals surface area contributed by atoms with Crippen LogP contribution in [0.4, 0.5) is 5.69 Å². The summed E-state index contributed by atoms with van der Waals surface area (Å²) in [5.41, 5.74) is 3.80. The molecule has 1 aliphatic rings. The van der Waals surface area contributed by atoms with Crippen molar-refractivity contribution in [1.82, 2.24) is 15.1 Å². The maximum Gasteiger partial charge on any atom is 0.277 e. The summed E-state index contributed by atoms with van der Waals surface area (Å²) in [4.78, 5) is 30.2. The molecule has 5 rings (SSSR count). The molecular weight excluding hydrogens is 480 g/mol. The van der Waals surface area contributed by atoms with Gasteiger partial charge in [-0.1, -0.05) is 35.9 Å². The first-order chi connectivity index (χ1) is 16.8. The van der Waals surface area contributed by atoms with Gasteiger partial charge in [0, 0.05) is 17.3 Å². The smallest absolute Gasteiger partial charge is 0.277 e. The van der Waals surface area contributed by atoms with Crippen LogP contribution in [0.2, 0.25) is 5.02 Å². The van der Waals surface area contributed by atoms with E-state index in [9.17, 15) is 9.59 Å². The number of anilines is 1. The molecule has 2 aromatic heterocycles. The van der Waals surface area contributed by atoms with Gasteiger partial charge in [-0.25, -0.2) is 0 Å². The van der Waals surface area contributed by atoms with Gasteiger partial charge in [0.25, 0.3) is 5.91 Å². The van der Waals surface area contributed by atoms with Gasteiger partial charge in [0.2, 0.25) is 5.91 Å². The van der Waals surface area contributed by atoms with Crippen molar-refractivity contribution in [2.45, 2.75) is 39.4 Å². The van der Waals surface area contributed by atoms with E-state index < -0.39 is 5.54 Å². The van der Waals surface area contributed by atoms with E-state index in [0.29, 0.717) is 22.9 Å². The molecule has 1 aliphatic heterocycles. The van der Waals surface area contributed by atoms with Crippen molar-refractivity contribution in [3.05, 3.63) is 93.5 Å². The largest absolute Gasteiger partial charge is 0.350 e. The monoisotopic (exact) mass is 504 g/mol. The average molecular weight is 505 g/mol. The number of thiophene rings is 1. The first-order valence-electron chi connectivity index (χ1n) is 11.3. The number of hydrogen-bond acceptors (Lipinski definition) is 4. The maximum atomic E-state index is 13.9. The number of amides is 2. The predicted molar refractivity (Wildman–Crippen MR) is 140 cm³/mol. The van der Waals surface area contributed by atoms with Gasteiger partial charge < -0.3 is 5.32 Å². The number of benzene rings is 2. The molecular formula is C27H25ClN4O2S. The lowest BCUT2D eigenvalue weighted by atomic mass is 9.93. The van der Waals surface area contributed by atoms with Gasteiger partial charge in [0.1, 0.15) is 16.9 Å². The van der Waals surface area contributed by atoms with Crippen molar-refractivity contribution in [3.8, 4) is 10.6 Å². The Balaban J connectivity index is 1.54. The van der Waals surface area contributed by atoms with Crippen molar-refractivity contribution in [3.63, 3.8) is 0 Å². The van der Waals surface area contributed by atoms with E-state index in [4.69, 9.17) is 16.7 Å². The molecule has 0 spiro atoms. The lowest BCUT2D eigenvalue weighted by Crippen LogP contribution is -2.64. The normalized spacial score (nSPS) is 17.4. The summed E-state index contributed by atoms with van der Waals surface area (Å²) in [5.74, 6) is -0.503.